The molecule has 1 N–H and O–H groups in total. The first kappa shape index (κ1) is 12.2. The lowest BCUT2D eigenvalue weighted by Crippen LogP contribution is -2.40. The van der Waals surface area contributed by atoms with Gasteiger partial charge >= 0.3 is 0 Å². The Kier molecular flexibility index (Phi) is 4.30. The van der Waals surface area contributed by atoms with Crippen LogP contribution >= 0.6 is 0 Å². The number of nitrogens with one attached hydrogen (secondary N) is 1. The largest absolute Gasteiger partial charge is 0.353 e. The Hall–Kier alpha value is -0.860. The number of hydrogen-bond donors (Lipinski definition) is 1. The van der Waals surface area contributed by atoms with Gasteiger partial charge in [0.25, 0.3) is 0 Å². The molecule has 0 radical (unpaired) electrons. The number of amides is 1. The van der Waals surface area contributed by atoms with E-state index in [1.54, 1.807) is 6.92 Å². The fourth-order valence-corrected chi connectivity index (χ4v) is 2.01. The van der Waals surface area contributed by atoms with Crippen molar-refractivity contribution in [1.29, 1.82) is 0 Å². The molecule has 0 bridgehead atoms. The Bertz CT molecular complexity index is 240. The van der Waals surface area contributed by atoms with Crippen LogP contribution in [0, 0.1) is 11.8 Å². The molecule has 3 nitrogen and oxygen atoms in total. The molecule has 0 spiro atoms. The lowest BCUT2D eigenvalue weighted by atomic mass is 9.84. The van der Waals surface area contributed by atoms with Crippen LogP contribution in [0.25, 0.3) is 0 Å². The molecule has 1 rings (SSSR count). The van der Waals surface area contributed by atoms with Crippen LogP contribution in [0.4, 0.5) is 0 Å². The van der Waals surface area contributed by atoms with Crippen LogP contribution in [0.1, 0.15) is 46.5 Å². The summed E-state index contributed by atoms with van der Waals surface area (Å²) in [5, 5.41) is 3.03. The number of Topliss-reactive ketones (excluding diaryl/α,β-unsaturated/α-hetero) is 1. The highest BCUT2D eigenvalue weighted by Crippen LogP contribution is 2.24. The van der Waals surface area contributed by atoms with Crippen molar-refractivity contribution in [2.24, 2.45) is 11.8 Å². The summed E-state index contributed by atoms with van der Waals surface area (Å²) in [5.41, 5.74) is 0. The van der Waals surface area contributed by atoms with Crippen molar-refractivity contribution in [2.75, 3.05) is 0 Å². The van der Waals surface area contributed by atoms with Crippen LogP contribution in [0.5, 0.6) is 0 Å². The zero-order chi connectivity index (χ0) is 11.4. The van der Waals surface area contributed by atoms with Gasteiger partial charge in [-0.2, -0.15) is 0 Å². The second-order valence-corrected chi connectivity index (χ2v) is 4.82. The zero-order valence-corrected chi connectivity index (χ0v) is 9.88. The maximum atomic E-state index is 11.4. The summed E-state index contributed by atoms with van der Waals surface area (Å²) in [6, 6.07) is 0.287. The van der Waals surface area contributed by atoms with Crippen molar-refractivity contribution >= 4 is 11.7 Å². The van der Waals surface area contributed by atoms with Gasteiger partial charge < -0.3 is 5.32 Å². The Balaban J connectivity index is 2.32. The van der Waals surface area contributed by atoms with Gasteiger partial charge in [-0.1, -0.05) is 13.8 Å². The third kappa shape index (κ3) is 3.65. The fraction of sp³-hybridized carbons (Fsp3) is 0.833. The van der Waals surface area contributed by atoms with E-state index in [1.165, 1.54) is 0 Å². The van der Waals surface area contributed by atoms with Crippen molar-refractivity contribution in [3.8, 4) is 0 Å². The number of ketones is 1. The Morgan fingerprint density at radius 1 is 1.13 bits per heavy atom. The Morgan fingerprint density at radius 3 is 2.07 bits per heavy atom. The maximum absolute atomic E-state index is 11.4. The molecule has 0 heterocycles. The highest BCUT2D eigenvalue weighted by atomic mass is 16.2. The molecule has 0 atom stereocenters. The van der Waals surface area contributed by atoms with Gasteiger partial charge in [-0.15, -0.1) is 0 Å². The van der Waals surface area contributed by atoms with E-state index in [4.69, 9.17) is 0 Å². The van der Waals surface area contributed by atoms with Gasteiger partial charge in [0, 0.05) is 17.9 Å². The van der Waals surface area contributed by atoms with Crippen LogP contribution in [-0.2, 0) is 9.59 Å². The number of carbonyl (C=O) groups excluding carboxylic acids is 2. The normalized spacial score (nSPS) is 26.4. The van der Waals surface area contributed by atoms with Crippen LogP contribution in [0.3, 0.4) is 0 Å². The van der Waals surface area contributed by atoms with Crippen molar-refractivity contribution in [3.63, 3.8) is 0 Å². The smallest absolute Gasteiger partial charge is 0.222 e. The first-order valence-corrected chi connectivity index (χ1v) is 5.81. The highest BCUT2D eigenvalue weighted by Gasteiger charge is 2.25. The van der Waals surface area contributed by atoms with Gasteiger partial charge in [0.1, 0.15) is 5.78 Å². The molecule has 1 aliphatic rings. The van der Waals surface area contributed by atoms with Gasteiger partial charge in [0.15, 0.2) is 0 Å². The van der Waals surface area contributed by atoms with Crippen LogP contribution in [0.15, 0.2) is 0 Å². The van der Waals surface area contributed by atoms with Gasteiger partial charge in [0.2, 0.25) is 5.91 Å². The topological polar surface area (TPSA) is 46.2 Å². The van der Waals surface area contributed by atoms with E-state index < -0.39 is 0 Å². The van der Waals surface area contributed by atoms with Crippen molar-refractivity contribution < 1.29 is 9.59 Å². The molecule has 0 unspecified atom stereocenters. The van der Waals surface area contributed by atoms with Crippen LogP contribution in [-0.4, -0.2) is 17.7 Å². The van der Waals surface area contributed by atoms with Crippen molar-refractivity contribution in [3.05, 3.63) is 0 Å². The fourth-order valence-electron chi connectivity index (χ4n) is 2.01. The first-order valence-electron chi connectivity index (χ1n) is 5.81. The quantitative estimate of drug-likeness (QED) is 0.775. The molecule has 1 amide bonds. The summed E-state index contributed by atoms with van der Waals surface area (Å²) < 4.78 is 0. The van der Waals surface area contributed by atoms with Crippen molar-refractivity contribution in [1.82, 2.24) is 5.32 Å². The molecule has 0 aromatic carbocycles. The molecule has 0 aliphatic heterocycles. The minimum absolute atomic E-state index is 0.0514. The highest BCUT2D eigenvalue weighted by molar-refractivity contribution is 5.79. The molecule has 15 heavy (non-hydrogen) atoms. The summed E-state index contributed by atoms with van der Waals surface area (Å²) in [5.74, 6) is 0.706. The minimum Gasteiger partial charge on any atom is -0.353 e. The zero-order valence-electron chi connectivity index (χ0n) is 9.88. The Morgan fingerprint density at radius 2 is 1.67 bits per heavy atom. The third-order valence-corrected chi connectivity index (χ3v) is 3.17. The van der Waals surface area contributed by atoms with E-state index in [-0.39, 0.29) is 23.8 Å². The molecular weight excluding hydrogens is 190 g/mol. The SMILES string of the molecule is CC(=O)C1CCC(NC(=O)C(C)C)CC1. The lowest BCUT2D eigenvalue weighted by molar-refractivity contribution is -0.125. The molecule has 3 heteroatoms. The average molecular weight is 211 g/mol. The summed E-state index contributed by atoms with van der Waals surface area (Å²) in [6.07, 6.45) is 3.75. The molecule has 0 saturated heterocycles. The standard InChI is InChI=1S/C12H21NO2/c1-8(2)12(15)13-11-6-4-10(5-7-11)9(3)14/h8,10-11H,4-7H2,1-3H3,(H,13,15). The summed E-state index contributed by atoms with van der Waals surface area (Å²) in [4.78, 5) is 22.6. The summed E-state index contributed by atoms with van der Waals surface area (Å²) in [7, 11) is 0. The van der Waals surface area contributed by atoms with Crippen LogP contribution in [0.2, 0.25) is 0 Å². The molecule has 86 valence electrons. The van der Waals surface area contributed by atoms with Gasteiger partial charge in [-0.3, -0.25) is 9.59 Å². The summed E-state index contributed by atoms with van der Waals surface area (Å²) >= 11 is 0. The molecule has 1 aliphatic carbocycles. The van der Waals surface area contributed by atoms with Gasteiger partial charge in [-0.05, 0) is 32.6 Å². The van der Waals surface area contributed by atoms with Crippen molar-refractivity contribution in [2.45, 2.75) is 52.5 Å². The van der Waals surface area contributed by atoms with E-state index in [1.807, 2.05) is 13.8 Å². The first-order chi connectivity index (χ1) is 7.00. The minimum atomic E-state index is 0.0514. The molecule has 1 fully saturated rings. The predicted molar refractivity (Wildman–Crippen MR) is 59.4 cm³/mol. The second-order valence-electron chi connectivity index (χ2n) is 4.82. The van der Waals surface area contributed by atoms with Crippen LogP contribution < -0.4 is 5.32 Å². The lowest BCUT2D eigenvalue weighted by Gasteiger charge is -2.28. The number of carbonyl (C=O) groups is 2. The van der Waals surface area contributed by atoms with E-state index in [0.29, 0.717) is 5.78 Å². The van der Waals surface area contributed by atoms with E-state index in [9.17, 15) is 9.59 Å². The third-order valence-electron chi connectivity index (χ3n) is 3.17. The second kappa shape index (κ2) is 5.29. The monoisotopic (exact) mass is 211 g/mol. The average Bonchev–Trinajstić information content (AvgIpc) is 2.18. The Labute approximate surface area is 91.6 Å². The molecular formula is C12H21NO2. The predicted octanol–water partition coefficient (Wildman–Crippen LogP) is 1.91. The molecule has 0 aromatic rings. The van der Waals surface area contributed by atoms with Gasteiger partial charge in [-0.25, -0.2) is 0 Å². The van der Waals surface area contributed by atoms with E-state index >= 15 is 0 Å². The number of hydrogen-bond acceptors (Lipinski definition) is 2. The number of rotatable bonds is 3. The van der Waals surface area contributed by atoms with E-state index in [2.05, 4.69) is 5.32 Å². The maximum Gasteiger partial charge on any atom is 0.222 e. The molecule has 1 saturated carbocycles. The summed E-state index contributed by atoms with van der Waals surface area (Å²) in [6.45, 7) is 5.46. The van der Waals surface area contributed by atoms with E-state index in [0.717, 1.165) is 25.7 Å². The van der Waals surface area contributed by atoms with Gasteiger partial charge in [0.05, 0.1) is 0 Å². The molecule has 0 aromatic heterocycles.